The first-order valence-electron chi connectivity index (χ1n) is 9.68. The van der Waals surface area contributed by atoms with Gasteiger partial charge in [-0.05, 0) is 24.5 Å². The molecule has 1 aromatic heterocycles. The van der Waals surface area contributed by atoms with Crippen molar-refractivity contribution in [3.63, 3.8) is 0 Å². The molecule has 0 saturated heterocycles. The Morgan fingerprint density at radius 2 is 1.87 bits per heavy atom. The smallest absolute Gasteiger partial charge is 0.314 e. The second kappa shape index (κ2) is 7.05. The van der Waals surface area contributed by atoms with Crippen LogP contribution in [0, 0.1) is 15.5 Å². The summed E-state index contributed by atoms with van der Waals surface area (Å²) < 4.78 is 0. The van der Waals surface area contributed by atoms with Crippen LogP contribution in [-0.2, 0) is 11.2 Å². The van der Waals surface area contributed by atoms with Crippen LogP contribution in [0.15, 0.2) is 38.9 Å². The fourth-order valence-electron chi connectivity index (χ4n) is 4.78. The molecule has 1 fully saturated rings. The van der Waals surface area contributed by atoms with Gasteiger partial charge in [0.25, 0.3) is 5.69 Å². The molecular weight excluding hydrogens is 392 g/mol. The number of carboxylic acids is 1. The highest BCUT2D eigenvalue weighted by Gasteiger charge is 2.56. The van der Waals surface area contributed by atoms with E-state index in [4.69, 9.17) is 0 Å². The standard InChI is InChI=1S/C20H20N4O6/c25-16-17(26)23-15-12(9-13(24(29)30)10-14(15)22-16)11-20(7-4-8-21-20)19(18(27)28)5-2-1-3-6-19/h4,7-10H,1-3,5-6,11H2,(H,22,25)(H,23,26)(H,27,28). The van der Waals surface area contributed by atoms with Crippen LogP contribution in [0.2, 0.25) is 0 Å². The van der Waals surface area contributed by atoms with Crippen molar-refractivity contribution >= 4 is 28.9 Å². The van der Waals surface area contributed by atoms with Crippen molar-refractivity contribution in [1.82, 2.24) is 9.97 Å². The Morgan fingerprint density at radius 1 is 1.17 bits per heavy atom. The van der Waals surface area contributed by atoms with E-state index in [0.29, 0.717) is 18.4 Å². The Hall–Kier alpha value is -3.56. The van der Waals surface area contributed by atoms with E-state index in [1.807, 2.05) is 0 Å². The first kappa shape index (κ1) is 19.7. The summed E-state index contributed by atoms with van der Waals surface area (Å²) >= 11 is 0. The van der Waals surface area contributed by atoms with E-state index in [9.17, 15) is 29.6 Å². The van der Waals surface area contributed by atoms with E-state index in [1.165, 1.54) is 12.1 Å². The van der Waals surface area contributed by atoms with Gasteiger partial charge in [-0.2, -0.15) is 0 Å². The van der Waals surface area contributed by atoms with E-state index in [2.05, 4.69) is 15.0 Å². The quantitative estimate of drug-likeness (QED) is 0.387. The maximum Gasteiger partial charge on any atom is 0.314 e. The van der Waals surface area contributed by atoms with Crippen LogP contribution in [-0.4, -0.2) is 37.7 Å². The molecule has 1 unspecified atom stereocenters. The number of nitrogens with one attached hydrogen (secondary N) is 2. The lowest BCUT2D eigenvalue weighted by atomic mass is 9.60. The third-order valence-corrected chi connectivity index (χ3v) is 6.28. The van der Waals surface area contributed by atoms with Crippen LogP contribution in [0.5, 0.6) is 0 Å². The molecular formula is C20H20N4O6. The van der Waals surface area contributed by atoms with Gasteiger partial charge in [0.05, 0.1) is 26.9 Å². The molecule has 3 N–H and O–H groups in total. The number of hydrogen-bond donors (Lipinski definition) is 3. The molecule has 2 heterocycles. The van der Waals surface area contributed by atoms with Gasteiger partial charge < -0.3 is 15.1 Å². The summed E-state index contributed by atoms with van der Waals surface area (Å²) in [7, 11) is 0. The largest absolute Gasteiger partial charge is 0.481 e. The lowest BCUT2D eigenvalue weighted by Crippen LogP contribution is -2.53. The van der Waals surface area contributed by atoms with Crippen LogP contribution in [0.4, 0.5) is 5.69 Å². The van der Waals surface area contributed by atoms with Crippen LogP contribution < -0.4 is 11.1 Å². The molecule has 2 aromatic rings. The molecule has 156 valence electrons. The molecule has 10 nitrogen and oxygen atoms in total. The van der Waals surface area contributed by atoms with E-state index in [-0.39, 0.29) is 23.1 Å². The number of carbonyl (C=O) groups is 1. The van der Waals surface area contributed by atoms with E-state index in [0.717, 1.165) is 19.3 Å². The van der Waals surface area contributed by atoms with E-state index < -0.39 is 33.0 Å². The van der Waals surface area contributed by atoms with E-state index >= 15 is 0 Å². The van der Waals surface area contributed by atoms with Crippen molar-refractivity contribution in [3.05, 3.63) is 60.7 Å². The van der Waals surface area contributed by atoms with Crippen LogP contribution in [0.3, 0.4) is 0 Å². The van der Waals surface area contributed by atoms with Gasteiger partial charge in [-0.15, -0.1) is 0 Å². The molecule has 1 atom stereocenters. The Morgan fingerprint density at radius 3 is 2.47 bits per heavy atom. The number of nitro groups is 1. The van der Waals surface area contributed by atoms with Crippen molar-refractivity contribution in [3.8, 4) is 0 Å². The molecule has 0 bridgehead atoms. The minimum absolute atomic E-state index is 0.0342. The van der Waals surface area contributed by atoms with Gasteiger partial charge in [-0.25, -0.2) is 0 Å². The number of H-pyrrole nitrogens is 2. The van der Waals surface area contributed by atoms with Crippen LogP contribution >= 0.6 is 0 Å². The highest BCUT2D eigenvalue weighted by molar-refractivity contribution is 5.85. The molecule has 1 aliphatic heterocycles. The van der Waals surface area contributed by atoms with Crippen molar-refractivity contribution in [2.45, 2.75) is 44.1 Å². The SMILES string of the molecule is O=C(O)C1(C2(Cc3cc([N+](=O)[O-])cc4[nH]c(=O)c(=O)[nH]c34)C=CC=N2)CCCCC1. The maximum atomic E-state index is 12.5. The number of nitrogens with zero attached hydrogens (tertiary/aromatic N) is 2. The van der Waals surface area contributed by atoms with Gasteiger partial charge in [0, 0.05) is 24.8 Å². The van der Waals surface area contributed by atoms with Gasteiger partial charge in [-0.1, -0.05) is 25.3 Å². The topological polar surface area (TPSA) is 159 Å². The summed E-state index contributed by atoms with van der Waals surface area (Å²) in [4.78, 5) is 56.4. The highest BCUT2D eigenvalue weighted by atomic mass is 16.6. The summed E-state index contributed by atoms with van der Waals surface area (Å²) in [5.74, 6) is -0.956. The second-order valence-electron chi connectivity index (χ2n) is 7.88. The van der Waals surface area contributed by atoms with Crippen molar-refractivity contribution in [1.29, 1.82) is 0 Å². The molecule has 0 amide bonds. The van der Waals surface area contributed by atoms with Gasteiger partial charge >= 0.3 is 17.1 Å². The second-order valence-corrected chi connectivity index (χ2v) is 7.88. The zero-order valence-electron chi connectivity index (χ0n) is 16.0. The number of non-ortho nitro benzene ring substituents is 1. The third kappa shape index (κ3) is 2.95. The molecule has 1 aromatic carbocycles. The molecule has 30 heavy (non-hydrogen) atoms. The summed E-state index contributed by atoms with van der Waals surface area (Å²) in [5.41, 5.74) is -3.69. The van der Waals surface area contributed by atoms with Crippen molar-refractivity contribution in [2.75, 3.05) is 0 Å². The lowest BCUT2D eigenvalue weighted by Gasteiger charge is -2.45. The van der Waals surface area contributed by atoms with Crippen LogP contribution in [0.25, 0.3) is 11.0 Å². The van der Waals surface area contributed by atoms with Crippen LogP contribution in [0.1, 0.15) is 37.7 Å². The fraction of sp³-hybridized carbons (Fsp3) is 0.400. The van der Waals surface area contributed by atoms with Crippen molar-refractivity contribution < 1.29 is 14.8 Å². The molecule has 0 radical (unpaired) electrons. The number of hydrogen-bond acceptors (Lipinski definition) is 6. The predicted molar refractivity (Wildman–Crippen MR) is 109 cm³/mol. The number of aliphatic carboxylic acids is 1. The average molecular weight is 412 g/mol. The number of nitro benzene ring substituents is 1. The van der Waals surface area contributed by atoms with Gasteiger partial charge in [0.2, 0.25) is 0 Å². The zero-order valence-corrected chi connectivity index (χ0v) is 16.0. The summed E-state index contributed by atoms with van der Waals surface area (Å²) in [6.07, 6.45) is 8.30. The zero-order chi connectivity index (χ0) is 21.5. The first-order valence-corrected chi connectivity index (χ1v) is 9.68. The Kier molecular flexibility index (Phi) is 4.64. The monoisotopic (exact) mass is 412 g/mol. The Labute approximate surface area is 169 Å². The number of fused-ring (bicyclic) bond motifs is 1. The van der Waals surface area contributed by atoms with Gasteiger partial charge in [-0.3, -0.25) is 29.5 Å². The number of aromatic nitrogens is 2. The number of rotatable bonds is 5. The minimum Gasteiger partial charge on any atom is -0.481 e. The molecule has 0 spiro atoms. The van der Waals surface area contributed by atoms with Gasteiger partial charge in [0.1, 0.15) is 0 Å². The molecule has 1 saturated carbocycles. The number of allylic oxidation sites excluding steroid dienone is 1. The molecule has 1 aliphatic carbocycles. The highest BCUT2D eigenvalue weighted by Crippen LogP contribution is 2.51. The normalized spacial score (nSPS) is 22.4. The molecule has 2 aliphatic rings. The number of carboxylic acid groups (broad SMARTS) is 1. The first-order chi connectivity index (χ1) is 14.3. The number of aliphatic imine (C=N–C) groups is 1. The average Bonchev–Trinajstić information content (AvgIpc) is 3.19. The van der Waals surface area contributed by atoms with Gasteiger partial charge in [0.15, 0.2) is 0 Å². The maximum absolute atomic E-state index is 12.5. The number of aromatic amines is 2. The summed E-state index contributed by atoms with van der Waals surface area (Å²) in [6, 6.07) is 2.47. The van der Waals surface area contributed by atoms with Crippen molar-refractivity contribution in [2.24, 2.45) is 10.4 Å². The lowest BCUT2D eigenvalue weighted by molar-refractivity contribution is -0.384. The fourth-order valence-corrected chi connectivity index (χ4v) is 4.78. The summed E-state index contributed by atoms with van der Waals surface area (Å²) in [5, 5.41) is 21.7. The third-order valence-electron chi connectivity index (χ3n) is 6.28. The molecule has 10 heteroatoms. The Balaban J connectivity index is 1.94. The minimum atomic E-state index is -1.16. The summed E-state index contributed by atoms with van der Waals surface area (Å²) in [6.45, 7) is 0. The Bertz CT molecular complexity index is 1200. The van der Waals surface area contributed by atoms with E-state index in [1.54, 1.807) is 18.4 Å². The molecule has 4 rings (SSSR count). The predicted octanol–water partition coefficient (Wildman–Crippen LogP) is 2.08. The number of benzene rings is 1.